The minimum Gasteiger partial charge on any atom is -0.494 e. The summed E-state index contributed by atoms with van der Waals surface area (Å²) >= 11 is 0. The Kier molecular flexibility index (Phi) is 3.19. The fourth-order valence-corrected chi connectivity index (χ4v) is 1.74. The predicted octanol–water partition coefficient (Wildman–Crippen LogP) is 2.88. The van der Waals surface area contributed by atoms with E-state index < -0.39 is 0 Å². The molecule has 0 saturated heterocycles. The molecule has 0 N–H and O–H groups in total. The molecule has 3 nitrogen and oxygen atoms in total. The van der Waals surface area contributed by atoms with E-state index in [2.05, 4.69) is 4.98 Å². The molecule has 0 aliphatic rings. The number of nitrogens with zero attached hydrogens (tertiary/aromatic N) is 1. The Morgan fingerprint density at radius 2 is 2.12 bits per heavy atom. The molecule has 0 spiro atoms. The first-order valence-electron chi connectivity index (χ1n) is 5.31. The van der Waals surface area contributed by atoms with Gasteiger partial charge in [-0.15, -0.1) is 0 Å². The third-order valence-electron chi connectivity index (χ3n) is 2.58. The lowest BCUT2D eigenvalue weighted by atomic mass is 10.0. The van der Waals surface area contributed by atoms with Crippen LogP contribution >= 0.6 is 0 Å². The molecule has 0 aliphatic heterocycles. The van der Waals surface area contributed by atoms with Gasteiger partial charge in [-0.2, -0.15) is 0 Å². The van der Waals surface area contributed by atoms with Crippen LogP contribution in [0.4, 0.5) is 0 Å². The molecule has 1 aromatic heterocycles. The van der Waals surface area contributed by atoms with Crippen LogP contribution in [0.5, 0.6) is 5.75 Å². The molecular weight excluding hydrogens is 214 g/mol. The molecule has 86 valence electrons. The summed E-state index contributed by atoms with van der Waals surface area (Å²) in [6, 6.07) is 9.28. The molecule has 1 aromatic carbocycles. The van der Waals surface area contributed by atoms with Crippen molar-refractivity contribution in [2.24, 2.45) is 0 Å². The highest BCUT2D eigenvalue weighted by molar-refractivity contribution is 5.88. The van der Waals surface area contributed by atoms with Crippen molar-refractivity contribution in [3.8, 4) is 17.0 Å². The number of carbonyl (C=O) groups is 1. The highest BCUT2D eigenvalue weighted by atomic mass is 16.5. The van der Waals surface area contributed by atoms with E-state index >= 15 is 0 Å². The molecule has 17 heavy (non-hydrogen) atoms. The van der Waals surface area contributed by atoms with Gasteiger partial charge in [-0.3, -0.25) is 9.78 Å². The summed E-state index contributed by atoms with van der Waals surface area (Å²) in [6.07, 6.45) is 2.53. The summed E-state index contributed by atoms with van der Waals surface area (Å²) in [7, 11) is 1.59. The first-order valence-corrected chi connectivity index (χ1v) is 5.31. The number of hydrogen-bond acceptors (Lipinski definition) is 3. The van der Waals surface area contributed by atoms with Crippen molar-refractivity contribution in [1.82, 2.24) is 4.98 Å². The molecule has 0 radical (unpaired) electrons. The topological polar surface area (TPSA) is 39.2 Å². The zero-order valence-corrected chi connectivity index (χ0v) is 9.81. The van der Waals surface area contributed by atoms with Crippen LogP contribution in [0.2, 0.25) is 0 Å². The van der Waals surface area contributed by atoms with E-state index in [1.54, 1.807) is 25.4 Å². The van der Waals surface area contributed by atoms with Gasteiger partial charge in [0, 0.05) is 17.3 Å². The number of aromatic nitrogens is 1. The van der Waals surface area contributed by atoms with Gasteiger partial charge in [-0.05, 0) is 25.1 Å². The third kappa shape index (κ3) is 2.18. The molecule has 1 heterocycles. The summed E-state index contributed by atoms with van der Waals surface area (Å²) < 4.78 is 5.26. The quantitative estimate of drug-likeness (QED) is 0.757. The maximum atomic E-state index is 11.0. The van der Waals surface area contributed by atoms with E-state index in [1.807, 2.05) is 25.1 Å². The average molecular weight is 227 g/mol. The predicted molar refractivity (Wildman–Crippen MR) is 66.3 cm³/mol. The first kappa shape index (κ1) is 11.3. The van der Waals surface area contributed by atoms with Crippen LogP contribution in [0, 0.1) is 6.92 Å². The smallest absolute Gasteiger partial charge is 0.150 e. The molecule has 0 saturated carbocycles. The van der Waals surface area contributed by atoms with Crippen molar-refractivity contribution < 1.29 is 9.53 Å². The number of carbonyl (C=O) groups excluding carboxylic acids is 1. The van der Waals surface area contributed by atoms with E-state index in [9.17, 15) is 4.79 Å². The molecule has 0 fully saturated rings. The minimum absolute atomic E-state index is 0.618. The van der Waals surface area contributed by atoms with Gasteiger partial charge in [-0.25, -0.2) is 0 Å². The van der Waals surface area contributed by atoms with Crippen molar-refractivity contribution in [2.75, 3.05) is 7.11 Å². The van der Waals surface area contributed by atoms with Gasteiger partial charge in [0.05, 0.1) is 7.11 Å². The lowest BCUT2D eigenvalue weighted by Gasteiger charge is -2.09. The number of pyridine rings is 1. The zero-order valence-electron chi connectivity index (χ0n) is 9.81. The number of aldehydes is 1. The summed E-state index contributed by atoms with van der Waals surface area (Å²) in [4.78, 5) is 15.3. The Morgan fingerprint density at radius 1 is 1.29 bits per heavy atom. The molecule has 0 unspecified atom stereocenters. The fraction of sp³-hybridized carbons (Fsp3) is 0.143. The second kappa shape index (κ2) is 4.78. The minimum atomic E-state index is 0.618. The van der Waals surface area contributed by atoms with Crippen molar-refractivity contribution in [3.05, 3.63) is 47.7 Å². The van der Waals surface area contributed by atoms with Gasteiger partial charge in [0.2, 0.25) is 0 Å². The van der Waals surface area contributed by atoms with Gasteiger partial charge in [0.1, 0.15) is 11.4 Å². The van der Waals surface area contributed by atoms with Gasteiger partial charge in [0.25, 0.3) is 0 Å². The maximum absolute atomic E-state index is 11.0. The zero-order chi connectivity index (χ0) is 12.3. The first-order chi connectivity index (χ1) is 8.26. The van der Waals surface area contributed by atoms with E-state index in [4.69, 9.17) is 4.74 Å². The summed E-state index contributed by atoms with van der Waals surface area (Å²) in [5.74, 6) is 0.668. The second-order valence-corrected chi connectivity index (χ2v) is 3.76. The number of ether oxygens (including phenoxy) is 1. The number of rotatable bonds is 3. The van der Waals surface area contributed by atoms with Crippen LogP contribution in [0.1, 0.15) is 15.9 Å². The van der Waals surface area contributed by atoms with E-state index in [-0.39, 0.29) is 0 Å². The monoisotopic (exact) mass is 227 g/mol. The Hall–Kier alpha value is -2.16. The Morgan fingerprint density at radius 3 is 2.82 bits per heavy atom. The van der Waals surface area contributed by atoms with Crippen molar-refractivity contribution in [2.45, 2.75) is 6.92 Å². The van der Waals surface area contributed by atoms with Crippen LogP contribution in [0.3, 0.4) is 0 Å². The van der Waals surface area contributed by atoms with Gasteiger partial charge in [0.15, 0.2) is 6.29 Å². The Labute approximate surface area is 100 Å². The van der Waals surface area contributed by atoms with Gasteiger partial charge in [-0.1, -0.05) is 17.7 Å². The number of benzene rings is 1. The molecular formula is C14H13NO2. The number of methoxy groups -OCH3 is 1. The molecule has 2 aromatic rings. The molecule has 0 bridgehead atoms. The van der Waals surface area contributed by atoms with Crippen LogP contribution in [0.25, 0.3) is 11.3 Å². The maximum Gasteiger partial charge on any atom is 0.150 e. The summed E-state index contributed by atoms with van der Waals surface area (Å²) in [5.41, 5.74) is 3.20. The lowest BCUT2D eigenvalue weighted by Crippen LogP contribution is -1.95. The second-order valence-electron chi connectivity index (χ2n) is 3.76. The van der Waals surface area contributed by atoms with E-state index in [0.29, 0.717) is 17.0 Å². The molecule has 2 rings (SSSR count). The standard InChI is InChI=1S/C14H13NO2/c1-10-5-6-11(9-16)12(8-10)14-13(17-2)4-3-7-15-14/h3-9H,1-2H3. The summed E-state index contributed by atoms with van der Waals surface area (Å²) in [6.45, 7) is 1.98. The SMILES string of the molecule is COc1cccnc1-c1cc(C)ccc1C=O. The van der Waals surface area contributed by atoms with Crippen LogP contribution in [-0.2, 0) is 0 Å². The molecule has 0 aliphatic carbocycles. The largest absolute Gasteiger partial charge is 0.494 e. The van der Waals surface area contributed by atoms with Gasteiger partial charge < -0.3 is 4.74 Å². The highest BCUT2D eigenvalue weighted by Crippen LogP contribution is 2.29. The fourth-order valence-electron chi connectivity index (χ4n) is 1.74. The van der Waals surface area contributed by atoms with Crippen molar-refractivity contribution in [3.63, 3.8) is 0 Å². The lowest BCUT2D eigenvalue weighted by molar-refractivity contribution is 0.112. The number of aryl methyl sites for hydroxylation is 1. The Bertz CT molecular complexity index is 550. The normalized spacial score (nSPS) is 10.0. The van der Waals surface area contributed by atoms with Crippen molar-refractivity contribution in [1.29, 1.82) is 0 Å². The molecule has 0 atom stereocenters. The highest BCUT2D eigenvalue weighted by Gasteiger charge is 2.11. The van der Waals surface area contributed by atoms with Crippen LogP contribution in [-0.4, -0.2) is 18.4 Å². The summed E-state index contributed by atoms with van der Waals surface area (Å²) in [5, 5.41) is 0. The molecule has 0 amide bonds. The average Bonchev–Trinajstić information content (AvgIpc) is 2.38. The Balaban J connectivity index is 2.66. The van der Waals surface area contributed by atoms with Crippen molar-refractivity contribution >= 4 is 6.29 Å². The van der Waals surface area contributed by atoms with E-state index in [1.165, 1.54) is 0 Å². The van der Waals surface area contributed by atoms with E-state index in [0.717, 1.165) is 17.4 Å². The third-order valence-corrected chi connectivity index (χ3v) is 2.58. The van der Waals surface area contributed by atoms with Crippen LogP contribution < -0.4 is 4.74 Å². The number of hydrogen-bond donors (Lipinski definition) is 0. The van der Waals surface area contributed by atoms with Crippen LogP contribution in [0.15, 0.2) is 36.5 Å². The molecule has 3 heteroatoms. The van der Waals surface area contributed by atoms with Gasteiger partial charge >= 0.3 is 0 Å².